The zero-order chi connectivity index (χ0) is 18.9. The van der Waals surface area contributed by atoms with Crippen LogP contribution in [-0.2, 0) is 4.79 Å². The van der Waals surface area contributed by atoms with E-state index in [9.17, 15) is 18.7 Å². The van der Waals surface area contributed by atoms with Gasteiger partial charge in [0.25, 0.3) is 0 Å². The number of carbonyl (C=O) groups is 1. The Morgan fingerprint density at radius 3 is 2.46 bits per heavy atom. The van der Waals surface area contributed by atoms with Crippen molar-refractivity contribution in [1.82, 2.24) is 5.32 Å². The maximum atomic E-state index is 13.6. The Kier molecular flexibility index (Phi) is 5.51. The van der Waals surface area contributed by atoms with Crippen molar-refractivity contribution in [3.8, 4) is 5.75 Å². The first kappa shape index (κ1) is 19.1. The first-order valence-electron chi connectivity index (χ1n) is 9.37. The molecule has 0 aliphatic heterocycles. The average Bonchev–Trinajstić information content (AvgIpc) is 2.53. The van der Waals surface area contributed by atoms with Crippen LogP contribution in [0.25, 0.3) is 0 Å². The van der Waals surface area contributed by atoms with Crippen LogP contribution < -0.4 is 10.1 Å². The van der Waals surface area contributed by atoms with E-state index in [1.54, 1.807) is 0 Å². The van der Waals surface area contributed by atoms with Crippen LogP contribution in [0.3, 0.4) is 0 Å². The number of rotatable bonds is 5. The van der Waals surface area contributed by atoms with Crippen LogP contribution in [0.1, 0.15) is 52.4 Å². The summed E-state index contributed by atoms with van der Waals surface area (Å²) in [6, 6.07) is 3.27. The highest BCUT2D eigenvalue weighted by molar-refractivity contribution is 5.80. The highest BCUT2D eigenvalue weighted by Crippen LogP contribution is 2.35. The number of ether oxygens (including phenoxy) is 1. The molecule has 0 atom stereocenters. The Morgan fingerprint density at radius 1 is 1.19 bits per heavy atom. The van der Waals surface area contributed by atoms with Gasteiger partial charge in [-0.3, -0.25) is 4.79 Å². The molecule has 6 heteroatoms. The second-order valence-corrected chi connectivity index (χ2v) is 8.19. The average molecular weight is 367 g/mol. The number of aliphatic hydroxyl groups is 1. The third-order valence-electron chi connectivity index (χ3n) is 5.73. The Bertz CT molecular complexity index is 645. The quantitative estimate of drug-likeness (QED) is 0.836. The molecule has 4 nitrogen and oxygen atoms in total. The van der Waals surface area contributed by atoms with Gasteiger partial charge in [0.15, 0.2) is 11.6 Å². The fraction of sp³-hybridized carbons (Fsp3) is 0.650. The topological polar surface area (TPSA) is 58.6 Å². The van der Waals surface area contributed by atoms with Crippen molar-refractivity contribution in [2.24, 2.45) is 11.8 Å². The molecule has 0 spiro atoms. The summed E-state index contributed by atoms with van der Waals surface area (Å²) in [7, 11) is 0. The highest BCUT2D eigenvalue weighted by Gasteiger charge is 2.38. The molecule has 0 unspecified atom stereocenters. The molecule has 26 heavy (non-hydrogen) atoms. The van der Waals surface area contributed by atoms with Gasteiger partial charge in [0.1, 0.15) is 11.9 Å². The van der Waals surface area contributed by atoms with Gasteiger partial charge in [-0.1, -0.05) is 0 Å². The molecule has 0 saturated heterocycles. The molecule has 0 radical (unpaired) electrons. The van der Waals surface area contributed by atoms with Crippen molar-refractivity contribution >= 4 is 5.91 Å². The van der Waals surface area contributed by atoms with Crippen LogP contribution in [-0.4, -0.2) is 28.8 Å². The van der Waals surface area contributed by atoms with Crippen molar-refractivity contribution in [3.05, 3.63) is 29.8 Å². The predicted octanol–water partition coefficient (Wildman–Crippen LogP) is 3.57. The number of hydrogen-bond acceptors (Lipinski definition) is 3. The van der Waals surface area contributed by atoms with Crippen molar-refractivity contribution in [1.29, 1.82) is 0 Å². The lowest BCUT2D eigenvalue weighted by atomic mass is 9.76. The maximum absolute atomic E-state index is 13.6. The fourth-order valence-corrected chi connectivity index (χ4v) is 3.89. The summed E-state index contributed by atoms with van der Waals surface area (Å²) < 4.78 is 32.2. The summed E-state index contributed by atoms with van der Waals surface area (Å²) in [6.45, 7) is 3.68. The van der Waals surface area contributed by atoms with Gasteiger partial charge in [-0.25, -0.2) is 8.78 Å². The van der Waals surface area contributed by atoms with Crippen molar-refractivity contribution < 1.29 is 23.4 Å². The summed E-state index contributed by atoms with van der Waals surface area (Å²) in [5.41, 5.74) is -0.667. The van der Waals surface area contributed by atoms with Crippen LogP contribution in [0.15, 0.2) is 18.2 Å². The summed E-state index contributed by atoms with van der Waals surface area (Å²) in [5, 5.41) is 13.2. The summed E-state index contributed by atoms with van der Waals surface area (Å²) in [4.78, 5) is 12.3. The van der Waals surface area contributed by atoms with Gasteiger partial charge in [-0.2, -0.15) is 0 Å². The zero-order valence-corrected chi connectivity index (χ0v) is 15.3. The SMILES string of the molecule is CC(C)(O)[C@H]1CC[C@H](NC(=O)[C@H]2C[C@H](Oc3cc(F)ccc3F)C2)CC1. The number of amides is 1. The molecule has 1 amide bonds. The molecule has 2 aliphatic rings. The van der Waals surface area contributed by atoms with E-state index in [1.165, 1.54) is 0 Å². The van der Waals surface area contributed by atoms with Gasteiger partial charge >= 0.3 is 0 Å². The Morgan fingerprint density at radius 2 is 1.85 bits per heavy atom. The van der Waals surface area contributed by atoms with Crippen LogP contribution in [0.4, 0.5) is 8.78 Å². The molecular formula is C20H27F2NO3. The molecule has 2 saturated carbocycles. The molecule has 0 bridgehead atoms. The highest BCUT2D eigenvalue weighted by atomic mass is 19.1. The van der Waals surface area contributed by atoms with Gasteiger partial charge < -0.3 is 15.2 Å². The van der Waals surface area contributed by atoms with Gasteiger partial charge in [-0.05, 0) is 70.4 Å². The lowest BCUT2D eigenvalue weighted by Gasteiger charge is -2.38. The molecule has 0 aromatic heterocycles. The van der Waals surface area contributed by atoms with Crippen molar-refractivity contribution in [2.75, 3.05) is 0 Å². The second kappa shape index (κ2) is 7.51. The third-order valence-corrected chi connectivity index (χ3v) is 5.73. The molecule has 2 aliphatic carbocycles. The Balaban J connectivity index is 1.41. The van der Waals surface area contributed by atoms with Crippen LogP contribution >= 0.6 is 0 Å². The smallest absolute Gasteiger partial charge is 0.223 e. The van der Waals surface area contributed by atoms with E-state index in [0.29, 0.717) is 12.8 Å². The minimum Gasteiger partial charge on any atom is -0.487 e. The van der Waals surface area contributed by atoms with Gasteiger partial charge in [0.05, 0.1) is 5.60 Å². The van der Waals surface area contributed by atoms with E-state index >= 15 is 0 Å². The molecule has 0 heterocycles. The summed E-state index contributed by atoms with van der Waals surface area (Å²) >= 11 is 0. The Labute approximate surface area is 152 Å². The minimum absolute atomic E-state index is 0.0104. The molecule has 3 rings (SSSR count). The number of halogens is 2. The predicted molar refractivity (Wildman–Crippen MR) is 93.7 cm³/mol. The molecule has 2 fully saturated rings. The molecule has 1 aromatic carbocycles. The third kappa shape index (κ3) is 4.53. The van der Waals surface area contributed by atoms with E-state index in [1.807, 2.05) is 13.8 Å². The molecular weight excluding hydrogens is 340 g/mol. The summed E-state index contributed by atoms with van der Waals surface area (Å²) in [5.74, 6) is -1.09. The first-order chi connectivity index (χ1) is 12.2. The van der Waals surface area contributed by atoms with E-state index in [4.69, 9.17) is 4.74 Å². The fourth-order valence-electron chi connectivity index (χ4n) is 3.89. The van der Waals surface area contributed by atoms with Gasteiger partial charge in [0.2, 0.25) is 5.91 Å². The number of benzene rings is 1. The normalized spacial score (nSPS) is 29.0. The monoisotopic (exact) mass is 367 g/mol. The van der Waals surface area contributed by atoms with E-state index in [2.05, 4.69) is 5.32 Å². The van der Waals surface area contributed by atoms with E-state index in [0.717, 1.165) is 43.9 Å². The summed E-state index contributed by atoms with van der Waals surface area (Å²) in [6.07, 6.45) is 4.34. The minimum atomic E-state index is -0.667. The van der Waals surface area contributed by atoms with Gasteiger partial charge in [-0.15, -0.1) is 0 Å². The molecule has 2 N–H and O–H groups in total. The van der Waals surface area contributed by atoms with Crippen LogP contribution in [0, 0.1) is 23.5 Å². The number of nitrogens with one attached hydrogen (secondary N) is 1. The lowest BCUT2D eigenvalue weighted by molar-refractivity contribution is -0.131. The molecule has 144 valence electrons. The maximum Gasteiger partial charge on any atom is 0.223 e. The number of carbonyl (C=O) groups excluding carboxylic acids is 1. The second-order valence-electron chi connectivity index (χ2n) is 8.19. The van der Waals surface area contributed by atoms with Crippen LogP contribution in [0.2, 0.25) is 0 Å². The zero-order valence-electron chi connectivity index (χ0n) is 15.3. The van der Waals surface area contributed by atoms with Gasteiger partial charge in [0, 0.05) is 18.0 Å². The van der Waals surface area contributed by atoms with Crippen molar-refractivity contribution in [3.63, 3.8) is 0 Å². The van der Waals surface area contributed by atoms with Crippen LogP contribution in [0.5, 0.6) is 5.75 Å². The van der Waals surface area contributed by atoms with E-state index < -0.39 is 17.2 Å². The van der Waals surface area contributed by atoms with E-state index in [-0.39, 0.29) is 35.6 Å². The molecule has 1 aromatic rings. The largest absolute Gasteiger partial charge is 0.487 e. The van der Waals surface area contributed by atoms with Crippen molar-refractivity contribution in [2.45, 2.75) is 70.1 Å². The standard InChI is InChI=1S/C20H27F2NO3/c1-20(2,25)13-3-6-15(7-4-13)23-19(24)12-9-16(10-12)26-18-11-14(21)5-8-17(18)22/h5,8,11-13,15-16,25H,3-4,6-7,9-10H2,1-2H3,(H,23,24)/t12-,13-,15-,16-. The Hall–Kier alpha value is -1.69. The number of hydrogen-bond donors (Lipinski definition) is 2. The first-order valence-corrected chi connectivity index (χ1v) is 9.37. The lowest BCUT2D eigenvalue weighted by Crippen LogP contribution is -2.48.